The van der Waals surface area contributed by atoms with Crippen LogP contribution in [-0.4, -0.2) is 24.8 Å². The van der Waals surface area contributed by atoms with E-state index in [2.05, 4.69) is 15.4 Å². The fourth-order valence-corrected chi connectivity index (χ4v) is 3.51. The van der Waals surface area contributed by atoms with Crippen molar-refractivity contribution in [2.24, 2.45) is 7.05 Å². The summed E-state index contributed by atoms with van der Waals surface area (Å²) in [5.74, 6) is -4.12. The van der Waals surface area contributed by atoms with Crippen molar-refractivity contribution in [2.45, 2.75) is 13.5 Å². The normalized spacial score (nSPS) is 11.1. The second-order valence-corrected chi connectivity index (χ2v) is 7.23. The molecule has 0 fully saturated rings. The molecule has 0 aliphatic rings. The largest absolute Gasteiger partial charge is 0.465 e. The van der Waals surface area contributed by atoms with Crippen molar-refractivity contribution in [2.75, 3.05) is 0 Å². The van der Waals surface area contributed by atoms with Crippen LogP contribution in [0.4, 0.5) is 13.2 Å². The molecule has 11 heteroatoms. The van der Waals surface area contributed by atoms with Gasteiger partial charge in [-0.25, -0.2) is 22.9 Å². The lowest BCUT2D eigenvalue weighted by atomic mass is 10.1. The van der Waals surface area contributed by atoms with Crippen LogP contribution >= 0.6 is 11.3 Å². The van der Waals surface area contributed by atoms with Crippen LogP contribution in [0.5, 0.6) is 5.19 Å². The summed E-state index contributed by atoms with van der Waals surface area (Å²) < 4.78 is 48.1. The van der Waals surface area contributed by atoms with Crippen LogP contribution < -0.4 is 10.4 Å². The number of hydrogen-bond donors (Lipinski definition) is 0. The molecule has 2 aromatic heterocycles. The molecule has 0 bridgehead atoms. The van der Waals surface area contributed by atoms with Crippen molar-refractivity contribution >= 4 is 11.3 Å². The summed E-state index contributed by atoms with van der Waals surface area (Å²) in [7, 11) is 1.50. The van der Waals surface area contributed by atoms with Crippen LogP contribution in [0.1, 0.15) is 11.1 Å². The number of rotatable bonds is 5. The number of halogens is 3. The SMILES string of the molecule is Cc1cccc(-n2nnn(C)c2=O)c1COc1nc(-c2cc(F)c(F)c(F)c2)cs1. The van der Waals surface area contributed by atoms with Gasteiger partial charge in [0.25, 0.3) is 5.19 Å². The standard InChI is InChI=1S/C19H14F3N5O2S/c1-10-4-3-5-16(27-19(28)26(2)24-25-27)12(10)8-29-18-23-15(9-30-18)11-6-13(20)17(22)14(21)7-11/h3-7,9H,8H2,1-2H3. The molecule has 0 radical (unpaired) electrons. The van der Waals surface area contributed by atoms with Crippen molar-refractivity contribution in [3.05, 3.63) is 74.8 Å². The topological polar surface area (TPSA) is 74.8 Å². The Morgan fingerprint density at radius 2 is 1.87 bits per heavy atom. The number of ether oxygens (including phenoxy) is 1. The van der Waals surface area contributed by atoms with E-state index in [1.807, 2.05) is 13.0 Å². The Morgan fingerprint density at radius 1 is 1.13 bits per heavy atom. The molecule has 0 saturated carbocycles. The molecule has 4 aromatic rings. The van der Waals surface area contributed by atoms with Crippen molar-refractivity contribution in [1.29, 1.82) is 0 Å². The molecule has 0 aliphatic heterocycles. The smallest absolute Gasteiger partial charge is 0.368 e. The minimum atomic E-state index is -1.53. The van der Waals surface area contributed by atoms with Gasteiger partial charge in [0.1, 0.15) is 6.61 Å². The molecular weight excluding hydrogens is 419 g/mol. The van der Waals surface area contributed by atoms with Gasteiger partial charge in [0.2, 0.25) is 0 Å². The predicted molar refractivity (Wildman–Crippen MR) is 103 cm³/mol. The second-order valence-electron chi connectivity index (χ2n) is 6.41. The Morgan fingerprint density at radius 3 is 2.53 bits per heavy atom. The van der Waals surface area contributed by atoms with Gasteiger partial charge in [0.15, 0.2) is 17.5 Å². The van der Waals surface area contributed by atoms with Crippen LogP contribution in [-0.2, 0) is 13.7 Å². The van der Waals surface area contributed by atoms with E-state index in [1.54, 1.807) is 17.5 Å². The second kappa shape index (κ2) is 7.75. The zero-order chi connectivity index (χ0) is 21.4. The molecule has 2 aromatic carbocycles. The first kappa shape index (κ1) is 19.8. The Kier molecular flexibility index (Phi) is 5.12. The molecule has 154 valence electrons. The molecule has 0 saturated heterocycles. The maximum absolute atomic E-state index is 13.5. The molecule has 0 aliphatic carbocycles. The third-order valence-electron chi connectivity index (χ3n) is 4.44. The fourth-order valence-electron chi connectivity index (χ4n) is 2.83. The van der Waals surface area contributed by atoms with E-state index >= 15 is 0 Å². The van der Waals surface area contributed by atoms with Gasteiger partial charge in [-0.1, -0.05) is 23.5 Å². The molecule has 0 spiro atoms. The van der Waals surface area contributed by atoms with E-state index in [1.165, 1.54) is 11.7 Å². The van der Waals surface area contributed by atoms with Crippen LogP contribution in [0.3, 0.4) is 0 Å². The molecule has 0 amide bonds. The first-order valence-corrected chi connectivity index (χ1v) is 9.54. The monoisotopic (exact) mass is 433 g/mol. The number of aromatic nitrogens is 5. The summed E-state index contributed by atoms with van der Waals surface area (Å²) in [6.45, 7) is 1.94. The zero-order valence-electron chi connectivity index (χ0n) is 15.8. The number of thiazole rings is 1. The van der Waals surface area contributed by atoms with E-state index in [4.69, 9.17) is 4.74 Å². The minimum absolute atomic E-state index is 0.0735. The van der Waals surface area contributed by atoms with Gasteiger partial charge in [-0.15, -0.1) is 0 Å². The van der Waals surface area contributed by atoms with Crippen LogP contribution in [0.15, 0.2) is 40.5 Å². The number of tetrazole rings is 1. The third kappa shape index (κ3) is 3.59. The van der Waals surface area contributed by atoms with Crippen molar-refractivity contribution in [3.63, 3.8) is 0 Å². The molecule has 30 heavy (non-hydrogen) atoms. The summed E-state index contributed by atoms with van der Waals surface area (Å²) in [6.07, 6.45) is 0. The van der Waals surface area contributed by atoms with Crippen molar-refractivity contribution in [3.8, 4) is 22.1 Å². The summed E-state index contributed by atoms with van der Waals surface area (Å²) in [4.78, 5) is 16.4. The quantitative estimate of drug-likeness (QED) is 0.451. The highest BCUT2D eigenvalue weighted by Gasteiger charge is 2.16. The number of nitrogens with zero attached hydrogens (tertiary/aromatic N) is 5. The maximum Gasteiger partial charge on any atom is 0.368 e. The molecule has 0 unspecified atom stereocenters. The summed E-state index contributed by atoms with van der Waals surface area (Å²) in [5, 5.41) is 9.37. The first-order chi connectivity index (χ1) is 14.3. The predicted octanol–water partition coefficient (Wildman–Crippen LogP) is 3.39. The molecular formula is C19H14F3N5O2S. The minimum Gasteiger partial charge on any atom is -0.465 e. The van der Waals surface area contributed by atoms with Crippen molar-refractivity contribution < 1.29 is 17.9 Å². The maximum atomic E-state index is 13.5. The van der Waals surface area contributed by atoms with E-state index < -0.39 is 23.1 Å². The molecule has 2 heterocycles. The Hall–Kier alpha value is -3.47. The molecule has 4 rings (SSSR count). The number of benzene rings is 2. The van der Waals surface area contributed by atoms with Gasteiger partial charge in [-0.05, 0) is 41.1 Å². The van der Waals surface area contributed by atoms with E-state index in [0.29, 0.717) is 11.3 Å². The average molecular weight is 433 g/mol. The third-order valence-corrected chi connectivity index (χ3v) is 5.19. The number of hydrogen-bond acceptors (Lipinski definition) is 6. The summed E-state index contributed by atoms with van der Waals surface area (Å²) >= 11 is 1.12. The van der Waals surface area contributed by atoms with E-state index in [-0.39, 0.29) is 23.1 Å². The highest BCUT2D eigenvalue weighted by atomic mass is 32.1. The van der Waals surface area contributed by atoms with Gasteiger partial charge in [-0.2, -0.15) is 9.36 Å². The Balaban J connectivity index is 1.60. The van der Waals surface area contributed by atoms with Gasteiger partial charge < -0.3 is 4.74 Å². The zero-order valence-corrected chi connectivity index (χ0v) is 16.6. The Labute approximate surface area is 172 Å². The highest BCUT2D eigenvalue weighted by Crippen LogP contribution is 2.29. The number of aryl methyl sites for hydroxylation is 2. The van der Waals surface area contributed by atoms with E-state index in [0.717, 1.165) is 33.7 Å². The lowest BCUT2D eigenvalue weighted by Gasteiger charge is -2.11. The van der Waals surface area contributed by atoms with Gasteiger partial charge in [-0.3, -0.25) is 0 Å². The van der Waals surface area contributed by atoms with E-state index in [9.17, 15) is 18.0 Å². The molecule has 0 N–H and O–H groups in total. The van der Waals surface area contributed by atoms with Gasteiger partial charge >= 0.3 is 5.69 Å². The molecule has 7 nitrogen and oxygen atoms in total. The first-order valence-electron chi connectivity index (χ1n) is 8.66. The fraction of sp³-hybridized carbons (Fsp3) is 0.158. The van der Waals surface area contributed by atoms with Crippen molar-refractivity contribution in [1.82, 2.24) is 24.8 Å². The van der Waals surface area contributed by atoms with Crippen LogP contribution in [0.25, 0.3) is 16.9 Å². The van der Waals surface area contributed by atoms with Crippen LogP contribution in [0.2, 0.25) is 0 Å². The van der Waals surface area contributed by atoms with Gasteiger partial charge in [0.05, 0.1) is 11.4 Å². The highest BCUT2D eigenvalue weighted by molar-refractivity contribution is 7.11. The average Bonchev–Trinajstić information content (AvgIpc) is 3.32. The summed E-state index contributed by atoms with van der Waals surface area (Å²) in [6, 6.07) is 7.11. The summed E-state index contributed by atoms with van der Waals surface area (Å²) in [5.41, 5.74) is 2.04. The van der Waals surface area contributed by atoms with Gasteiger partial charge in [0, 0.05) is 23.6 Å². The van der Waals surface area contributed by atoms with Crippen LogP contribution in [0, 0.1) is 24.4 Å². The lowest BCUT2D eigenvalue weighted by Crippen LogP contribution is -2.23. The Bertz CT molecular complexity index is 1270. The molecule has 0 atom stereocenters. The lowest BCUT2D eigenvalue weighted by molar-refractivity contribution is 0.303.